The van der Waals surface area contributed by atoms with Crippen LogP contribution in [0.1, 0.15) is 0 Å². The van der Waals surface area contributed by atoms with Crippen molar-refractivity contribution in [2.45, 2.75) is 0 Å². The van der Waals surface area contributed by atoms with Gasteiger partial charge in [-0.05, 0) is 23.0 Å². The molecule has 0 amide bonds. The lowest BCUT2D eigenvalue weighted by atomic mass is 10.4. The Morgan fingerprint density at radius 3 is 2.95 bits per heavy atom. The summed E-state index contributed by atoms with van der Waals surface area (Å²) in [6.45, 7) is 1.24. The van der Waals surface area contributed by atoms with Crippen LogP contribution in [0.25, 0.3) is 11.2 Å². The fraction of sp³-hybridized carbons (Fsp3) is 0.364. The van der Waals surface area contributed by atoms with Crippen LogP contribution in [0.2, 0.25) is 0 Å². The molecule has 0 fully saturated rings. The highest BCUT2D eigenvalue weighted by Crippen LogP contribution is 2.29. The van der Waals surface area contributed by atoms with Gasteiger partial charge in [0.2, 0.25) is 0 Å². The first kappa shape index (κ1) is 14.7. The van der Waals surface area contributed by atoms with Gasteiger partial charge in [-0.1, -0.05) is 12.2 Å². The minimum Gasteiger partial charge on any atom is -0.458 e. The predicted octanol–water partition coefficient (Wildman–Crippen LogP) is 3.15. The Hall–Kier alpha value is -0.700. The molecule has 0 radical (unpaired) electrons. The standard InChI is InChI=1S/C11H13BrN2O3S2/c1-14(19(2)15)4-3-13-9-5-8(18)11-10(17-9)7(12)6-16-11/h5-6,13H,3-4H2,1-2H3. The molecule has 1 atom stereocenters. The smallest absolute Gasteiger partial charge is 0.195 e. The number of rotatable bonds is 5. The second-order valence-electron chi connectivity index (χ2n) is 3.92. The lowest BCUT2D eigenvalue weighted by Gasteiger charge is -2.13. The van der Waals surface area contributed by atoms with E-state index in [9.17, 15) is 4.21 Å². The van der Waals surface area contributed by atoms with Crippen molar-refractivity contribution < 1.29 is 13.0 Å². The van der Waals surface area contributed by atoms with Gasteiger partial charge >= 0.3 is 0 Å². The van der Waals surface area contributed by atoms with E-state index < -0.39 is 11.0 Å². The molecule has 0 aromatic carbocycles. The first-order valence-electron chi connectivity index (χ1n) is 5.48. The fourth-order valence-corrected chi connectivity index (χ4v) is 2.42. The van der Waals surface area contributed by atoms with Crippen LogP contribution < -0.4 is 5.32 Å². The molecule has 2 aromatic heterocycles. The van der Waals surface area contributed by atoms with Crippen LogP contribution in [0.4, 0.5) is 5.88 Å². The summed E-state index contributed by atoms with van der Waals surface area (Å²) in [7, 11) is 0.822. The molecule has 2 rings (SSSR count). The summed E-state index contributed by atoms with van der Waals surface area (Å²) in [5.74, 6) is 0.565. The van der Waals surface area contributed by atoms with Crippen molar-refractivity contribution >= 4 is 56.2 Å². The Morgan fingerprint density at radius 2 is 2.26 bits per heavy atom. The highest BCUT2D eigenvalue weighted by molar-refractivity contribution is 9.10. The molecule has 19 heavy (non-hydrogen) atoms. The monoisotopic (exact) mass is 364 g/mol. The van der Waals surface area contributed by atoms with E-state index in [0.29, 0.717) is 34.6 Å². The van der Waals surface area contributed by atoms with E-state index >= 15 is 0 Å². The van der Waals surface area contributed by atoms with Gasteiger partial charge in [-0.15, -0.1) is 0 Å². The third-order valence-corrected chi connectivity index (χ3v) is 4.48. The Balaban J connectivity index is 2.11. The molecule has 104 valence electrons. The number of furan rings is 1. The zero-order valence-electron chi connectivity index (χ0n) is 10.4. The molecule has 5 nitrogen and oxygen atoms in total. The van der Waals surface area contributed by atoms with Crippen LogP contribution in [-0.2, 0) is 11.0 Å². The minimum atomic E-state index is -0.972. The van der Waals surface area contributed by atoms with Gasteiger partial charge in [-0.25, -0.2) is 8.51 Å². The second-order valence-corrected chi connectivity index (χ2v) is 6.68. The number of nitrogens with zero attached hydrogens (tertiary/aromatic N) is 1. The largest absolute Gasteiger partial charge is 0.458 e. The molecule has 0 aliphatic heterocycles. The van der Waals surface area contributed by atoms with Crippen LogP contribution in [0, 0.1) is 4.51 Å². The van der Waals surface area contributed by atoms with E-state index in [1.165, 1.54) is 0 Å². The van der Waals surface area contributed by atoms with Crippen molar-refractivity contribution in [1.82, 2.24) is 4.31 Å². The maximum Gasteiger partial charge on any atom is 0.195 e. The number of nitrogens with one attached hydrogen (secondary N) is 1. The van der Waals surface area contributed by atoms with Crippen LogP contribution in [0.15, 0.2) is 25.6 Å². The average molecular weight is 365 g/mol. The van der Waals surface area contributed by atoms with E-state index in [4.69, 9.17) is 21.1 Å². The van der Waals surface area contributed by atoms with E-state index in [-0.39, 0.29) is 0 Å². The fourth-order valence-electron chi connectivity index (χ4n) is 1.47. The highest BCUT2D eigenvalue weighted by atomic mass is 79.9. The minimum absolute atomic E-state index is 0.555. The lowest BCUT2D eigenvalue weighted by Crippen LogP contribution is -2.26. The topological polar surface area (TPSA) is 58.6 Å². The molecule has 0 aliphatic rings. The third kappa shape index (κ3) is 3.44. The van der Waals surface area contributed by atoms with Crippen LogP contribution in [-0.4, -0.2) is 34.9 Å². The lowest BCUT2D eigenvalue weighted by molar-refractivity contribution is 0.534. The van der Waals surface area contributed by atoms with Gasteiger partial charge in [-0.2, -0.15) is 0 Å². The number of likely N-dealkylation sites (N-methyl/N-ethyl adjacent to an activating group) is 1. The van der Waals surface area contributed by atoms with Crippen molar-refractivity contribution in [3.63, 3.8) is 0 Å². The van der Waals surface area contributed by atoms with Crippen molar-refractivity contribution in [3.05, 3.63) is 21.3 Å². The predicted molar refractivity (Wildman–Crippen MR) is 82.2 cm³/mol. The Morgan fingerprint density at radius 1 is 1.53 bits per heavy atom. The maximum atomic E-state index is 11.2. The molecule has 8 heteroatoms. The van der Waals surface area contributed by atoms with Crippen LogP contribution >= 0.6 is 28.1 Å². The van der Waals surface area contributed by atoms with Gasteiger partial charge in [0.05, 0.1) is 20.0 Å². The quantitative estimate of drug-likeness (QED) is 0.825. The molecule has 0 saturated heterocycles. The molecule has 2 heterocycles. The summed E-state index contributed by atoms with van der Waals surface area (Å²) in [5, 5.41) is 3.11. The maximum absolute atomic E-state index is 11.2. The van der Waals surface area contributed by atoms with E-state index in [0.717, 1.165) is 4.47 Å². The van der Waals surface area contributed by atoms with E-state index in [2.05, 4.69) is 21.2 Å². The zero-order valence-corrected chi connectivity index (χ0v) is 13.7. The Bertz CT molecular complexity index is 667. The van der Waals surface area contributed by atoms with Crippen LogP contribution in [0.5, 0.6) is 0 Å². The molecular formula is C11H13BrN2O3S2. The molecule has 0 aliphatic carbocycles. The Kier molecular flexibility index (Phi) is 4.77. The summed E-state index contributed by atoms with van der Waals surface area (Å²) < 4.78 is 25.1. The number of hydrogen-bond donors (Lipinski definition) is 1. The molecule has 0 bridgehead atoms. The summed E-state index contributed by atoms with van der Waals surface area (Å²) in [5.41, 5.74) is 1.14. The summed E-state index contributed by atoms with van der Waals surface area (Å²) in [6, 6.07) is 1.70. The average Bonchev–Trinajstić information content (AvgIpc) is 2.71. The van der Waals surface area contributed by atoms with E-state index in [1.807, 2.05) is 0 Å². The SMILES string of the molecule is CN(CCNc1cc(=S)c2occ(Br)c2o1)S(C)=O. The number of hydrogen-bond acceptors (Lipinski definition) is 5. The summed E-state index contributed by atoms with van der Waals surface area (Å²) in [6.07, 6.45) is 3.18. The molecule has 1 N–H and O–H groups in total. The molecule has 2 aromatic rings. The summed E-state index contributed by atoms with van der Waals surface area (Å²) in [4.78, 5) is 0. The highest BCUT2D eigenvalue weighted by Gasteiger charge is 2.10. The molecule has 1 unspecified atom stereocenters. The molecular weight excluding hydrogens is 352 g/mol. The van der Waals surface area contributed by atoms with Gasteiger partial charge in [0.15, 0.2) is 17.1 Å². The zero-order chi connectivity index (χ0) is 14.0. The second kappa shape index (κ2) is 6.17. The van der Waals surface area contributed by atoms with Crippen molar-refractivity contribution in [2.75, 3.05) is 31.7 Å². The van der Waals surface area contributed by atoms with Gasteiger partial charge in [0.25, 0.3) is 0 Å². The molecule has 0 saturated carbocycles. The summed E-state index contributed by atoms with van der Waals surface area (Å²) >= 11 is 8.56. The van der Waals surface area contributed by atoms with Gasteiger partial charge < -0.3 is 14.2 Å². The van der Waals surface area contributed by atoms with Gasteiger partial charge in [0, 0.05) is 25.4 Å². The van der Waals surface area contributed by atoms with Gasteiger partial charge in [0.1, 0.15) is 6.26 Å². The molecule has 0 spiro atoms. The van der Waals surface area contributed by atoms with Crippen molar-refractivity contribution in [1.29, 1.82) is 0 Å². The number of anilines is 1. The number of halogens is 1. The normalized spacial score (nSPS) is 13.1. The van der Waals surface area contributed by atoms with Crippen molar-refractivity contribution in [3.8, 4) is 0 Å². The van der Waals surface area contributed by atoms with Gasteiger partial charge in [-0.3, -0.25) is 0 Å². The first-order valence-corrected chi connectivity index (χ1v) is 8.20. The van der Waals surface area contributed by atoms with E-state index in [1.54, 1.807) is 29.9 Å². The Labute approximate surface area is 126 Å². The first-order chi connectivity index (χ1) is 8.99. The number of fused-ring (bicyclic) bond motifs is 1. The van der Waals surface area contributed by atoms with Crippen LogP contribution in [0.3, 0.4) is 0 Å². The third-order valence-electron chi connectivity index (χ3n) is 2.57. The van der Waals surface area contributed by atoms with Crippen molar-refractivity contribution in [2.24, 2.45) is 0 Å².